The fourth-order valence-corrected chi connectivity index (χ4v) is 2.93. The summed E-state index contributed by atoms with van der Waals surface area (Å²) >= 11 is 0. The summed E-state index contributed by atoms with van der Waals surface area (Å²) in [5, 5.41) is 8.74. The van der Waals surface area contributed by atoms with Gasteiger partial charge < -0.3 is 20.9 Å². The van der Waals surface area contributed by atoms with Gasteiger partial charge in [0.15, 0.2) is 11.5 Å². The Labute approximate surface area is 180 Å². The number of imidazole rings is 1. The van der Waals surface area contributed by atoms with E-state index in [9.17, 15) is 9.59 Å². The van der Waals surface area contributed by atoms with Crippen LogP contribution in [-0.4, -0.2) is 38.3 Å². The quantitative estimate of drug-likeness (QED) is 0.279. The summed E-state index contributed by atoms with van der Waals surface area (Å²) in [5.41, 5.74) is 2.48. The van der Waals surface area contributed by atoms with Crippen LogP contribution in [0.5, 0.6) is 0 Å². The molecule has 2 aromatic heterocycles. The molecule has 0 saturated carbocycles. The van der Waals surface area contributed by atoms with Gasteiger partial charge in [-0.25, -0.2) is 15.0 Å². The van der Waals surface area contributed by atoms with E-state index in [1.165, 1.54) is 12.5 Å². The smallest absolute Gasteiger partial charge is 0.255 e. The van der Waals surface area contributed by atoms with Crippen LogP contribution in [0.15, 0.2) is 61.9 Å². The second-order valence-corrected chi connectivity index (χ2v) is 6.76. The lowest BCUT2D eigenvalue weighted by Crippen LogP contribution is -2.17. The number of carbonyl (C=O) groups excluding carboxylic acids is 2. The highest BCUT2D eigenvalue weighted by Crippen LogP contribution is 2.15. The number of nitrogens with one attached hydrogen (secondary N) is 4. The summed E-state index contributed by atoms with van der Waals surface area (Å²) in [6.07, 6.45) is 10.8. The molecule has 31 heavy (non-hydrogen) atoms. The minimum Gasteiger partial charge on any atom is -0.368 e. The van der Waals surface area contributed by atoms with Crippen molar-refractivity contribution in [1.29, 1.82) is 0 Å². The molecule has 0 radical (unpaired) electrons. The highest BCUT2D eigenvalue weighted by atomic mass is 16.2. The Bertz CT molecular complexity index is 1070. The zero-order chi connectivity index (χ0) is 21.9. The first-order chi connectivity index (χ1) is 15.2. The molecule has 4 N–H and O–H groups in total. The molecule has 0 fully saturated rings. The third-order valence-corrected chi connectivity index (χ3v) is 4.45. The first kappa shape index (κ1) is 21.7. The molecule has 2 amide bonds. The number of rotatable bonds is 11. The molecular formula is C22H25N7O2. The number of hydrogen-bond acceptors (Lipinski definition) is 6. The number of nitrogens with zero attached hydrogens (tertiary/aromatic N) is 3. The maximum atomic E-state index is 12.2. The summed E-state index contributed by atoms with van der Waals surface area (Å²) in [4.78, 5) is 39.7. The lowest BCUT2D eigenvalue weighted by Gasteiger charge is -2.08. The normalized spacial score (nSPS) is 10.8. The average Bonchev–Trinajstić information content (AvgIpc) is 3.26. The largest absolute Gasteiger partial charge is 0.368 e. The zero-order valence-corrected chi connectivity index (χ0v) is 17.1. The molecule has 160 valence electrons. The fraction of sp³-hybridized carbons (Fsp3) is 0.227. The van der Waals surface area contributed by atoms with Gasteiger partial charge in [-0.15, -0.1) is 0 Å². The average molecular weight is 419 g/mol. The maximum Gasteiger partial charge on any atom is 0.255 e. The number of unbranched alkanes of at least 4 members (excludes halogenated alkanes) is 2. The van der Waals surface area contributed by atoms with Crippen LogP contribution < -0.4 is 16.0 Å². The molecule has 2 heterocycles. The van der Waals surface area contributed by atoms with Crippen molar-refractivity contribution in [3.8, 4) is 0 Å². The monoisotopic (exact) mass is 419 g/mol. The molecule has 3 aromatic rings. The van der Waals surface area contributed by atoms with E-state index in [0.29, 0.717) is 23.3 Å². The molecule has 9 nitrogen and oxygen atoms in total. The molecule has 3 rings (SSSR count). The number of aromatic nitrogens is 4. The lowest BCUT2D eigenvalue weighted by atomic mass is 10.1. The second-order valence-electron chi connectivity index (χ2n) is 6.76. The Balaban J connectivity index is 1.36. The highest BCUT2D eigenvalue weighted by Gasteiger charge is 2.08. The van der Waals surface area contributed by atoms with Gasteiger partial charge in [-0.3, -0.25) is 9.59 Å². The molecule has 0 aliphatic carbocycles. The van der Waals surface area contributed by atoms with E-state index < -0.39 is 0 Å². The number of anilines is 2. The Kier molecular flexibility index (Phi) is 7.87. The van der Waals surface area contributed by atoms with Crippen molar-refractivity contribution in [2.24, 2.45) is 0 Å². The number of benzene rings is 1. The fourth-order valence-electron chi connectivity index (χ4n) is 2.93. The Morgan fingerprint density at radius 3 is 2.90 bits per heavy atom. The molecule has 0 bridgehead atoms. The van der Waals surface area contributed by atoms with E-state index in [2.05, 4.69) is 42.5 Å². The van der Waals surface area contributed by atoms with Crippen LogP contribution in [0.1, 0.15) is 36.0 Å². The Morgan fingerprint density at radius 1 is 1.13 bits per heavy atom. The number of carbonyl (C=O) groups is 2. The number of hydrogen-bond donors (Lipinski definition) is 4. The lowest BCUT2D eigenvalue weighted by molar-refractivity contribution is -0.116. The van der Waals surface area contributed by atoms with Gasteiger partial charge in [-0.1, -0.05) is 25.1 Å². The predicted octanol–water partition coefficient (Wildman–Crippen LogP) is 3.39. The van der Waals surface area contributed by atoms with E-state index in [1.54, 1.807) is 42.7 Å². The molecule has 0 aliphatic heterocycles. The summed E-state index contributed by atoms with van der Waals surface area (Å²) in [6.45, 7) is 4.28. The van der Waals surface area contributed by atoms with Gasteiger partial charge in [-0.2, -0.15) is 0 Å². The van der Waals surface area contributed by atoms with Crippen LogP contribution in [0.4, 0.5) is 11.5 Å². The highest BCUT2D eigenvalue weighted by molar-refractivity contribution is 5.97. The van der Waals surface area contributed by atoms with Gasteiger partial charge in [0.25, 0.3) is 5.91 Å². The summed E-state index contributed by atoms with van der Waals surface area (Å²) in [6, 6.07) is 6.83. The number of allylic oxidation sites excluding steroid dienone is 2. The van der Waals surface area contributed by atoms with Crippen molar-refractivity contribution in [2.75, 3.05) is 17.2 Å². The molecule has 0 unspecified atom stereocenters. The summed E-state index contributed by atoms with van der Waals surface area (Å²) in [5.74, 6) is 0.397. The van der Waals surface area contributed by atoms with Crippen molar-refractivity contribution in [3.63, 3.8) is 0 Å². The topological polar surface area (TPSA) is 125 Å². The first-order valence-electron chi connectivity index (χ1n) is 10.0. The van der Waals surface area contributed by atoms with Crippen LogP contribution >= 0.6 is 0 Å². The van der Waals surface area contributed by atoms with E-state index in [4.69, 9.17) is 0 Å². The van der Waals surface area contributed by atoms with Gasteiger partial charge in [0.2, 0.25) is 5.91 Å². The summed E-state index contributed by atoms with van der Waals surface area (Å²) in [7, 11) is 0. The number of H-pyrrole nitrogens is 1. The van der Waals surface area contributed by atoms with E-state index in [-0.39, 0.29) is 11.8 Å². The first-order valence-corrected chi connectivity index (χ1v) is 10.0. The predicted molar refractivity (Wildman–Crippen MR) is 121 cm³/mol. The third-order valence-electron chi connectivity index (χ3n) is 4.45. The van der Waals surface area contributed by atoms with Gasteiger partial charge in [-0.05, 0) is 37.1 Å². The maximum absolute atomic E-state index is 12.2. The standard InChI is InChI=1S/C22H25N7O2/c1-2-3-11-24-22(31)16-8-7-9-17(13-16)29-18(30)10-5-4-6-12-23-20-19-21(26-14-25-19)28-15-27-20/h2-3,7-9,11,13-15H,1,4-6,10,12H2,(H,24,31)(H,29,30)(H2,23,25,26,27,28). The number of aromatic amines is 1. The van der Waals surface area contributed by atoms with Crippen molar-refractivity contribution >= 4 is 34.5 Å². The third kappa shape index (κ3) is 6.49. The minimum absolute atomic E-state index is 0.0768. The Morgan fingerprint density at radius 2 is 2.03 bits per heavy atom. The van der Waals surface area contributed by atoms with Crippen molar-refractivity contribution in [1.82, 2.24) is 25.3 Å². The van der Waals surface area contributed by atoms with Crippen LogP contribution in [0, 0.1) is 0 Å². The summed E-state index contributed by atoms with van der Waals surface area (Å²) < 4.78 is 0. The van der Waals surface area contributed by atoms with Gasteiger partial charge in [0.1, 0.15) is 11.8 Å². The molecule has 0 aliphatic rings. The van der Waals surface area contributed by atoms with E-state index in [1.807, 2.05) is 0 Å². The van der Waals surface area contributed by atoms with Crippen molar-refractivity contribution in [2.45, 2.75) is 25.7 Å². The second kappa shape index (κ2) is 11.2. The van der Waals surface area contributed by atoms with E-state index in [0.717, 1.165) is 37.1 Å². The number of amides is 2. The molecule has 9 heteroatoms. The van der Waals surface area contributed by atoms with Crippen LogP contribution in [-0.2, 0) is 4.79 Å². The Hall–Kier alpha value is -4.01. The van der Waals surface area contributed by atoms with Crippen molar-refractivity contribution < 1.29 is 9.59 Å². The molecule has 1 aromatic carbocycles. The van der Waals surface area contributed by atoms with Gasteiger partial charge in [0.05, 0.1) is 6.33 Å². The van der Waals surface area contributed by atoms with Crippen LogP contribution in [0.3, 0.4) is 0 Å². The van der Waals surface area contributed by atoms with Crippen LogP contribution in [0.25, 0.3) is 11.2 Å². The number of fused-ring (bicyclic) bond motifs is 1. The molecule has 0 spiro atoms. The molecular weight excluding hydrogens is 394 g/mol. The van der Waals surface area contributed by atoms with Crippen LogP contribution in [0.2, 0.25) is 0 Å². The van der Waals surface area contributed by atoms with E-state index >= 15 is 0 Å². The van der Waals surface area contributed by atoms with Crippen molar-refractivity contribution in [3.05, 3.63) is 67.4 Å². The zero-order valence-electron chi connectivity index (χ0n) is 17.1. The molecule has 0 atom stereocenters. The SMILES string of the molecule is C=CC=CNC(=O)c1cccc(NC(=O)CCCCCNc2ncnc3nc[nH]c23)c1. The minimum atomic E-state index is -0.252. The van der Waals surface area contributed by atoms with Gasteiger partial charge >= 0.3 is 0 Å². The van der Waals surface area contributed by atoms with Gasteiger partial charge in [0, 0.05) is 30.4 Å². The molecule has 0 saturated heterocycles.